The molecule has 1 aliphatic carbocycles. The molecule has 2 nitrogen and oxygen atoms in total. The van der Waals surface area contributed by atoms with Crippen molar-refractivity contribution >= 4 is 0 Å². The zero-order chi connectivity index (χ0) is 20.3. The summed E-state index contributed by atoms with van der Waals surface area (Å²) in [6.45, 7) is 4.55. The fourth-order valence-corrected chi connectivity index (χ4v) is 4.74. The molecule has 0 bridgehead atoms. The summed E-state index contributed by atoms with van der Waals surface area (Å²) in [7, 11) is 0. The maximum atomic E-state index is 4.62. The number of hydrogen-bond donors (Lipinski definition) is 0. The Morgan fingerprint density at radius 3 is 2.10 bits per heavy atom. The van der Waals surface area contributed by atoms with Gasteiger partial charge in [-0.3, -0.25) is 0 Å². The Kier molecular flexibility index (Phi) is 9.18. The van der Waals surface area contributed by atoms with E-state index in [0.717, 1.165) is 11.6 Å². The molecule has 1 aliphatic rings. The van der Waals surface area contributed by atoms with Crippen LogP contribution in [0.5, 0.6) is 0 Å². The van der Waals surface area contributed by atoms with Gasteiger partial charge in [-0.25, -0.2) is 0 Å². The van der Waals surface area contributed by atoms with Gasteiger partial charge in [-0.2, -0.15) is 10.2 Å². The fourth-order valence-electron chi connectivity index (χ4n) is 4.74. The normalized spacial score (nSPS) is 19.4. The van der Waals surface area contributed by atoms with Gasteiger partial charge in [0.25, 0.3) is 0 Å². The Morgan fingerprint density at radius 1 is 0.724 bits per heavy atom. The van der Waals surface area contributed by atoms with Crippen LogP contribution >= 0.6 is 0 Å². The third-order valence-electron chi connectivity index (χ3n) is 6.73. The number of unbranched alkanes of at least 4 members (excludes halogenated alkanes) is 5. The lowest BCUT2D eigenvalue weighted by atomic mass is 9.78. The number of benzene rings is 1. The van der Waals surface area contributed by atoms with E-state index in [1.54, 1.807) is 0 Å². The van der Waals surface area contributed by atoms with Crippen LogP contribution in [0.15, 0.2) is 36.4 Å². The molecule has 158 valence electrons. The predicted molar refractivity (Wildman–Crippen MR) is 124 cm³/mol. The van der Waals surface area contributed by atoms with Crippen molar-refractivity contribution in [2.45, 2.75) is 103 Å². The average Bonchev–Trinajstić information content (AvgIpc) is 2.78. The summed E-state index contributed by atoms with van der Waals surface area (Å²) in [5, 5.41) is 9.19. The van der Waals surface area contributed by atoms with Gasteiger partial charge in [0.1, 0.15) is 0 Å². The minimum atomic E-state index is 0.615. The van der Waals surface area contributed by atoms with Gasteiger partial charge in [0.2, 0.25) is 0 Å². The highest BCUT2D eigenvalue weighted by Crippen LogP contribution is 2.37. The van der Waals surface area contributed by atoms with Crippen molar-refractivity contribution in [2.24, 2.45) is 5.92 Å². The first-order chi connectivity index (χ1) is 14.3. The Morgan fingerprint density at radius 2 is 1.45 bits per heavy atom. The van der Waals surface area contributed by atoms with Crippen molar-refractivity contribution < 1.29 is 0 Å². The van der Waals surface area contributed by atoms with Crippen molar-refractivity contribution in [1.29, 1.82) is 0 Å². The van der Waals surface area contributed by atoms with E-state index < -0.39 is 0 Å². The van der Waals surface area contributed by atoms with E-state index in [9.17, 15) is 0 Å². The van der Waals surface area contributed by atoms with Crippen molar-refractivity contribution in [1.82, 2.24) is 10.2 Å². The quantitative estimate of drug-likeness (QED) is 0.361. The third-order valence-corrected chi connectivity index (χ3v) is 6.73. The Bertz CT molecular complexity index is 681. The maximum absolute atomic E-state index is 4.62. The predicted octanol–water partition coefficient (Wildman–Crippen LogP) is 8.12. The Labute approximate surface area is 178 Å². The highest BCUT2D eigenvalue weighted by Gasteiger charge is 2.23. The van der Waals surface area contributed by atoms with E-state index in [-0.39, 0.29) is 0 Å². The molecule has 0 saturated heterocycles. The SMILES string of the molecule is CCCCCC[C@H]1CC[C@H](c2ccc(-c3ccc(CCCCC)cc3)nn2)CC1. The zero-order valence-electron chi connectivity index (χ0n) is 18.7. The first-order valence-corrected chi connectivity index (χ1v) is 12.2. The molecule has 1 saturated carbocycles. The number of aryl methyl sites for hydroxylation is 1. The van der Waals surface area contributed by atoms with Crippen molar-refractivity contribution in [2.75, 3.05) is 0 Å². The topological polar surface area (TPSA) is 25.8 Å². The Hall–Kier alpha value is -1.70. The minimum absolute atomic E-state index is 0.615. The Balaban J connectivity index is 1.48. The molecule has 1 aromatic carbocycles. The molecule has 0 N–H and O–H groups in total. The average molecular weight is 393 g/mol. The van der Waals surface area contributed by atoms with Crippen LogP contribution in [-0.4, -0.2) is 10.2 Å². The lowest BCUT2D eigenvalue weighted by Gasteiger charge is -2.28. The fraction of sp³-hybridized carbons (Fsp3) is 0.630. The molecular formula is C27H40N2. The van der Waals surface area contributed by atoms with E-state index in [1.807, 2.05) is 0 Å². The second kappa shape index (κ2) is 12.1. The summed E-state index contributed by atoms with van der Waals surface area (Å²) in [5.74, 6) is 1.57. The van der Waals surface area contributed by atoms with Crippen LogP contribution in [0.1, 0.15) is 108 Å². The molecule has 3 rings (SSSR count). The standard InChI is InChI=1S/C27H40N2/c1-3-5-7-9-11-23-14-18-25(19-15-23)27-21-20-26(28-29-27)24-16-12-22(13-17-24)10-8-6-4-2/h12-13,16-17,20-21,23,25H,3-11,14-15,18-19H2,1-2H3/t23-,25-. The van der Waals surface area contributed by atoms with Crippen LogP contribution in [0.4, 0.5) is 0 Å². The van der Waals surface area contributed by atoms with E-state index in [0.29, 0.717) is 5.92 Å². The minimum Gasteiger partial charge on any atom is -0.155 e. The van der Waals surface area contributed by atoms with Gasteiger partial charge in [0.15, 0.2) is 0 Å². The van der Waals surface area contributed by atoms with E-state index in [2.05, 4.69) is 60.4 Å². The van der Waals surface area contributed by atoms with Crippen molar-refractivity contribution in [3.05, 3.63) is 47.7 Å². The van der Waals surface area contributed by atoms with Crippen LogP contribution in [0.2, 0.25) is 0 Å². The van der Waals surface area contributed by atoms with Gasteiger partial charge in [-0.05, 0) is 62.1 Å². The molecule has 1 fully saturated rings. The van der Waals surface area contributed by atoms with Crippen LogP contribution in [0, 0.1) is 5.92 Å². The largest absolute Gasteiger partial charge is 0.155 e. The molecule has 0 amide bonds. The van der Waals surface area contributed by atoms with E-state index in [4.69, 9.17) is 0 Å². The number of aromatic nitrogens is 2. The summed E-state index contributed by atoms with van der Waals surface area (Å²) in [5.41, 5.74) is 4.81. The number of nitrogens with zero attached hydrogens (tertiary/aromatic N) is 2. The molecule has 0 unspecified atom stereocenters. The van der Waals surface area contributed by atoms with Gasteiger partial charge in [0.05, 0.1) is 11.4 Å². The second-order valence-corrected chi connectivity index (χ2v) is 9.06. The molecule has 2 heteroatoms. The van der Waals surface area contributed by atoms with Gasteiger partial charge >= 0.3 is 0 Å². The van der Waals surface area contributed by atoms with Crippen LogP contribution in [0.3, 0.4) is 0 Å². The van der Waals surface area contributed by atoms with Gasteiger partial charge in [-0.1, -0.05) is 83.1 Å². The number of rotatable bonds is 11. The van der Waals surface area contributed by atoms with Crippen LogP contribution < -0.4 is 0 Å². The smallest absolute Gasteiger partial charge is 0.0929 e. The molecule has 2 aromatic rings. The van der Waals surface area contributed by atoms with Crippen LogP contribution in [0.25, 0.3) is 11.3 Å². The van der Waals surface area contributed by atoms with E-state index >= 15 is 0 Å². The molecular weight excluding hydrogens is 352 g/mol. The molecule has 0 radical (unpaired) electrons. The van der Waals surface area contributed by atoms with Crippen LogP contribution in [-0.2, 0) is 6.42 Å². The van der Waals surface area contributed by atoms with E-state index in [1.165, 1.54) is 100 Å². The summed E-state index contributed by atoms with van der Waals surface area (Å²) in [6, 6.07) is 13.3. The summed E-state index contributed by atoms with van der Waals surface area (Å²) in [4.78, 5) is 0. The molecule has 0 spiro atoms. The lowest BCUT2D eigenvalue weighted by molar-refractivity contribution is 0.299. The van der Waals surface area contributed by atoms with Crippen molar-refractivity contribution in [3.63, 3.8) is 0 Å². The first kappa shape index (κ1) is 22.0. The summed E-state index contributed by atoms with van der Waals surface area (Å²) < 4.78 is 0. The van der Waals surface area contributed by atoms with Gasteiger partial charge in [0, 0.05) is 11.5 Å². The molecule has 29 heavy (non-hydrogen) atoms. The molecule has 1 heterocycles. The zero-order valence-corrected chi connectivity index (χ0v) is 18.7. The van der Waals surface area contributed by atoms with Gasteiger partial charge < -0.3 is 0 Å². The summed E-state index contributed by atoms with van der Waals surface area (Å²) in [6.07, 6.45) is 17.4. The highest BCUT2D eigenvalue weighted by molar-refractivity contribution is 5.58. The molecule has 0 aliphatic heterocycles. The monoisotopic (exact) mass is 392 g/mol. The van der Waals surface area contributed by atoms with Gasteiger partial charge in [-0.15, -0.1) is 0 Å². The first-order valence-electron chi connectivity index (χ1n) is 12.2. The summed E-state index contributed by atoms with van der Waals surface area (Å²) >= 11 is 0. The van der Waals surface area contributed by atoms with Crippen molar-refractivity contribution in [3.8, 4) is 11.3 Å². The highest BCUT2D eigenvalue weighted by atomic mass is 15.1. The maximum Gasteiger partial charge on any atom is 0.0929 e. The molecule has 0 atom stereocenters. The lowest BCUT2D eigenvalue weighted by Crippen LogP contribution is -2.14. The molecule has 1 aromatic heterocycles. The second-order valence-electron chi connectivity index (χ2n) is 9.06. The third kappa shape index (κ3) is 6.94. The number of hydrogen-bond acceptors (Lipinski definition) is 2.